The number of hydrogen-bond donors (Lipinski definition) is 4. The molecule has 3 rings (SSSR count). The van der Waals surface area contributed by atoms with Gasteiger partial charge in [0.05, 0.1) is 12.1 Å². The average Bonchev–Trinajstić information content (AvgIpc) is 3.27. The second kappa shape index (κ2) is 8.71. The first-order valence-electron chi connectivity index (χ1n) is 9.72. The van der Waals surface area contributed by atoms with Gasteiger partial charge in [0.2, 0.25) is 5.91 Å². The zero-order valence-electron chi connectivity index (χ0n) is 15.8. The molecule has 7 nitrogen and oxygen atoms in total. The van der Waals surface area contributed by atoms with E-state index in [0.717, 1.165) is 25.2 Å². The molecule has 27 heavy (non-hydrogen) atoms. The molecule has 3 atom stereocenters. The SMILES string of the molecule is Cc1ccc(O)cc1C(=O)N[C@@H]1C[C@H](C(=O)NCCN2CCCC2)C[C@H]1O. The van der Waals surface area contributed by atoms with Gasteiger partial charge in [-0.3, -0.25) is 9.59 Å². The molecular formula is C20H29N3O4. The molecule has 1 saturated carbocycles. The summed E-state index contributed by atoms with van der Waals surface area (Å²) in [5.41, 5.74) is 1.12. The second-order valence-electron chi connectivity index (χ2n) is 7.65. The number of rotatable bonds is 6. The molecule has 1 aromatic rings. The predicted molar refractivity (Wildman–Crippen MR) is 102 cm³/mol. The van der Waals surface area contributed by atoms with Crippen LogP contribution in [0.5, 0.6) is 5.75 Å². The van der Waals surface area contributed by atoms with Gasteiger partial charge in [0.15, 0.2) is 0 Å². The molecule has 0 radical (unpaired) electrons. The average molecular weight is 375 g/mol. The Bertz CT molecular complexity index is 688. The van der Waals surface area contributed by atoms with Crippen LogP contribution in [0.25, 0.3) is 0 Å². The Hall–Kier alpha value is -2.12. The molecule has 2 amide bonds. The number of phenols is 1. The minimum absolute atomic E-state index is 0.0213. The summed E-state index contributed by atoms with van der Waals surface area (Å²) in [5.74, 6) is -0.678. The lowest BCUT2D eigenvalue weighted by atomic mass is 10.1. The number of carbonyl (C=O) groups excluding carboxylic acids is 2. The standard InChI is InChI=1S/C20H29N3O4/c1-13-4-5-15(24)12-16(13)20(27)22-17-10-14(11-18(17)25)19(26)21-6-9-23-7-2-3-8-23/h4-5,12,14,17-18,24-25H,2-3,6-11H2,1H3,(H,21,26)(H,22,27)/t14-,17+,18+/m0/s1. The summed E-state index contributed by atoms with van der Waals surface area (Å²) < 4.78 is 0. The van der Waals surface area contributed by atoms with E-state index in [-0.39, 0.29) is 23.5 Å². The number of aliphatic hydroxyl groups is 1. The topological polar surface area (TPSA) is 102 Å². The fourth-order valence-corrected chi connectivity index (χ4v) is 3.97. The van der Waals surface area contributed by atoms with Crippen molar-refractivity contribution in [1.29, 1.82) is 0 Å². The van der Waals surface area contributed by atoms with Crippen molar-refractivity contribution < 1.29 is 19.8 Å². The van der Waals surface area contributed by atoms with E-state index in [1.54, 1.807) is 13.0 Å². The van der Waals surface area contributed by atoms with Crippen LogP contribution in [0.4, 0.5) is 0 Å². The Balaban J connectivity index is 1.49. The van der Waals surface area contributed by atoms with Crippen LogP contribution < -0.4 is 10.6 Å². The number of likely N-dealkylation sites (tertiary alicyclic amines) is 1. The van der Waals surface area contributed by atoms with Crippen LogP contribution >= 0.6 is 0 Å². The van der Waals surface area contributed by atoms with E-state index >= 15 is 0 Å². The molecule has 1 heterocycles. The maximum Gasteiger partial charge on any atom is 0.251 e. The molecule has 2 aliphatic rings. The molecule has 0 bridgehead atoms. The van der Waals surface area contributed by atoms with Crippen molar-refractivity contribution in [3.05, 3.63) is 29.3 Å². The zero-order valence-corrected chi connectivity index (χ0v) is 15.8. The normalized spacial score (nSPS) is 25.5. The number of amides is 2. The molecule has 1 aliphatic heterocycles. The third-order valence-corrected chi connectivity index (χ3v) is 5.61. The van der Waals surface area contributed by atoms with Gasteiger partial charge in [-0.05, 0) is 63.4 Å². The molecule has 148 valence electrons. The smallest absolute Gasteiger partial charge is 0.251 e. The summed E-state index contributed by atoms with van der Waals surface area (Å²) in [4.78, 5) is 27.2. The Morgan fingerprint density at radius 3 is 2.70 bits per heavy atom. The van der Waals surface area contributed by atoms with Gasteiger partial charge >= 0.3 is 0 Å². The van der Waals surface area contributed by atoms with Crippen molar-refractivity contribution >= 4 is 11.8 Å². The van der Waals surface area contributed by atoms with Crippen molar-refractivity contribution in [3.8, 4) is 5.75 Å². The molecule has 1 aromatic carbocycles. The molecule has 2 fully saturated rings. The lowest BCUT2D eigenvalue weighted by Gasteiger charge is -2.17. The van der Waals surface area contributed by atoms with Crippen molar-refractivity contribution in [1.82, 2.24) is 15.5 Å². The first kappa shape index (κ1) is 19.6. The van der Waals surface area contributed by atoms with Crippen molar-refractivity contribution in [2.45, 2.75) is 44.8 Å². The van der Waals surface area contributed by atoms with Crippen LogP contribution in [0.2, 0.25) is 0 Å². The Kier molecular flexibility index (Phi) is 6.34. The summed E-state index contributed by atoms with van der Waals surface area (Å²) in [7, 11) is 0. The highest BCUT2D eigenvalue weighted by molar-refractivity contribution is 5.96. The van der Waals surface area contributed by atoms with E-state index in [1.807, 2.05) is 0 Å². The van der Waals surface area contributed by atoms with Gasteiger partial charge in [-0.2, -0.15) is 0 Å². The highest BCUT2D eigenvalue weighted by Gasteiger charge is 2.37. The lowest BCUT2D eigenvalue weighted by molar-refractivity contribution is -0.125. The van der Waals surface area contributed by atoms with Crippen LogP contribution in [0.1, 0.15) is 41.6 Å². The van der Waals surface area contributed by atoms with Gasteiger partial charge in [0.1, 0.15) is 5.75 Å². The van der Waals surface area contributed by atoms with Gasteiger partial charge in [0.25, 0.3) is 5.91 Å². The number of nitrogens with one attached hydrogen (secondary N) is 2. The maximum atomic E-state index is 12.5. The lowest BCUT2D eigenvalue weighted by Crippen LogP contribution is -2.40. The van der Waals surface area contributed by atoms with E-state index in [4.69, 9.17) is 0 Å². The molecule has 1 aliphatic carbocycles. The largest absolute Gasteiger partial charge is 0.508 e. The summed E-state index contributed by atoms with van der Waals surface area (Å²) in [6, 6.07) is 4.15. The number of aryl methyl sites for hydroxylation is 1. The summed E-state index contributed by atoms with van der Waals surface area (Å²) >= 11 is 0. The van der Waals surface area contributed by atoms with Gasteiger partial charge in [0, 0.05) is 24.6 Å². The third-order valence-electron chi connectivity index (χ3n) is 5.61. The zero-order chi connectivity index (χ0) is 19.4. The molecule has 4 N–H and O–H groups in total. The van der Waals surface area contributed by atoms with E-state index in [9.17, 15) is 19.8 Å². The fourth-order valence-electron chi connectivity index (χ4n) is 3.97. The quantitative estimate of drug-likeness (QED) is 0.589. The van der Waals surface area contributed by atoms with Crippen LogP contribution in [0.15, 0.2) is 18.2 Å². The predicted octanol–water partition coefficient (Wildman–Crippen LogP) is 0.782. The summed E-state index contributed by atoms with van der Waals surface area (Å²) in [6.07, 6.45) is 2.46. The van der Waals surface area contributed by atoms with Gasteiger partial charge in [-0.25, -0.2) is 0 Å². The summed E-state index contributed by atoms with van der Waals surface area (Å²) in [5, 5.41) is 25.6. The third kappa shape index (κ3) is 4.99. The Morgan fingerprint density at radius 1 is 1.22 bits per heavy atom. The first-order chi connectivity index (χ1) is 12.9. The van der Waals surface area contributed by atoms with Crippen LogP contribution in [0.3, 0.4) is 0 Å². The first-order valence-corrected chi connectivity index (χ1v) is 9.72. The van der Waals surface area contributed by atoms with Crippen LogP contribution in [0, 0.1) is 12.8 Å². The number of aliphatic hydroxyl groups excluding tert-OH is 1. The van der Waals surface area contributed by atoms with Crippen LogP contribution in [-0.4, -0.2) is 65.3 Å². The Morgan fingerprint density at radius 2 is 1.96 bits per heavy atom. The minimum Gasteiger partial charge on any atom is -0.508 e. The molecule has 7 heteroatoms. The van der Waals surface area contributed by atoms with Gasteiger partial charge in [-0.1, -0.05) is 6.07 Å². The van der Waals surface area contributed by atoms with E-state index in [0.29, 0.717) is 24.9 Å². The number of hydrogen-bond acceptors (Lipinski definition) is 5. The fraction of sp³-hybridized carbons (Fsp3) is 0.600. The van der Waals surface area contributed by atoms with Crippen LogP contribution in [-0.2, 0) is 4.79 Å². The van der Waals surface area contributed by atoms with Crippen molar-refractivity contribution in [2.24, 2.45) is 5.92 Å². The number of nitrogens with zero attached hydrogens (tertiary/aromatic N) is 1. The molecule has 1 saturated heterocycles. The van der Waals surface area contributed by atoms with Crippen molar-refractivity contribution in [2.75, 3.05) is 26.2 Å². The number of benzene rings is 1. The highest BCUT2D eigenvalue weighted by Crippen LogP contribution is 2.27. The minimum atomic E-state index is -0.749. The highest BCUT2D eigenvalue weighted by atomic mass is 16.3. The van der Waals surface area contributed by atoms with Gasteiger partial charge in [-0.15, -0.1) is 0 Å². The molecule has 0 unspecified atom stereocenters. The second-order valence-corrected chi connectivity index (χ2v) is 7.65. The number of carbonyl (C=O) groups is 2. The van der Waals surface area contributed by atoms with E-state index in [1.165, 1.54) is 25.0 Å². The van der Waals surface area contributed by atoms with Crippen molar-refractivity contribution in [3.63, 3.8) is 0 Å². The van der Waals surface area contributed by atoms with Gasteiger partial charge < -0.3 is 25.7 Å². The Labute approximate surface area is 159 Å². The maximum absolute atomic E-state index is 12.5. The molecular weight excluding hydrogens is 346 g/mol. The summed E-state index contributed by atoms with van der Waals surface area (Å²) in [6.45, 7) is 5.46. The molecule has 0 spiro atoms. The van der Waals surface area contributed by atoms with E-state index < -0.39 is 12.1 Å². The monoisotopic (exact) mass is 375 g/mol. The number of aromatic hydroxyl groups is 1. The number of phenolic OH excluding ortho intramolecular Hbond substituents is 1. The molecule has 0 aromatic heterocycles. The van der Waals surface area contributed by atoms with E-state index in [2.05, 4.69) is 15.5 Å².